The standard InChI is InChI=1S/C29H25FN6O3/c1-18-5-10-25-24(32-18)16-26(39-25)29(38)35-13-11-20(12-14-35)19-6-8-22(9-7-19)33-28(37)27-31-17-36(34-27)23-4-2-3-21(30)15-23/h2-10,15-17,20H,11-14H2,1H3,(H,33,37). The summed E-state index contributed by atoms with van der Waals surface area (Å²) < 4.78 is 20.6. The molecule has 1 fully saturated rings. The van der Waals surface area contributed by atoms with Crippen molar-refractivity contribution in [2.75, 3.05) is 18.4 Å². The number of benzene rings is 2. The molecule has 0 radical (unpaired) electrons. The largest absolute Gasteiger partial charge is 0.449 e. The second-order valence-corrected chi connectivity index (χ2v) is 9.58. The molecule has 2 aromatic carbocycles. The molecule has 0 spiro atoms. The van der Waals surface area contributed by atoms with Crippen LogP contribution in [-0.2, 0) is 0 Å². The predicted molar refractivity (Wildman–Crippen MR) is 142 cm³/mol. The Balaban J connectivity index is 1.05. The van der Waals surface area contributed by atoms with Gasteiger partial charge in [0.1, 0.15) is 17.7 Å². The molecule has 1 aliphatic heterocycles. The van der Waals surface area contributed by atoms with E-state index in [1.54, 1.807) is 18.2 Å². The molecular weight excluding hydrogens is 499 g/mol. The van der Waals surface area contributed by atoms with E-state index in [9.17, 15) is 14.0 Å². The molecule has 0 saturated carbocycles. The van der Waals surface area contributed by atoms with Gasteiger partial charge in [0.25, 0.3) is 11.8 Å². The lowest BCUT2D eigenvalue weighted by atomic mass is 9.89. The van der Waals surface area contributed by atoms with Gasteiger partial charge in [-0.1, -0.05) is 18.2 Å². The third-order valence-corrected chi connectivity index (χ3v) is 6.91. The molecule has 9 nitrogen and oxygen atoms in total. The molecule has 3 aromatic heterocycles. The van der Waals surface area contributed by atoms with Crippen molar-refractivity contribution in [3.63, 3.8) is 0 Å². The first-order valence-electron chi connectivity index (χ1n) is 12.7. The van der Waals surface area contributed by atoms with Gasteiger partial charge in [-0.05, 0) is 73.7 Å². The lowest BCUT2D eigenvalue weighted by molar-refractivity contribution is 0.0683. The second-order valence-electron chi connectivity index (χ2n) is 9.58. The average Bonchev–Trinajstić information content (AvgIpc) is 3.61. The van der Waals surface area contributed by atoms with Crippen LogP contribution >= 0.6 is 0 Å². The van der Waals surface area contributed by atoms with Crippen molar-refractivity contribution in [3.05, 3.63) is 102 Å². The highest BCUT2D eigenvalue weighted by Crippen LogP contribution is 2.30. The molecular formula is C29H25FN6O3. The summed E-state index contributed by atoms with van der Waals surface area (Å²) in [5.74, 6) is -0.364. The number of rotatable bonds is 5. The number of piperidine rings is 1. The van der Waals surface area contributed by atoms with Gasteiger partial charge in [0.15, 0.2) is 11.3 Å². The summed E-state index contributed by atoms with van der Waals surface area (Å²) in [5, 5.41) is 6.95. The van der Waals surface area contributed by atoms with Crippen LogP contribution in [0.1, 0.15) is 51.2 Å². The summed E-state index contributed by atoms with van der Waals surface area (Å²) in [5.41, 5.74) is 4.42. The molecule has 0 unspecified atom stereocenters. The van der Waals surface area contributed by atoms with Crippen LogP contribution in [0.15, 0.2) is 77.5 Å². The minimum Gasteiger partial charge on any atom is -0.449 e. The van der Waals surface area contributed by atoms with E-state index in [1.165, 1.54) is 23.1 Å². The minimum absolute atomic E-state index is 0.0178. The molecule has 39 heavy (non-hydrogen) atoms. The molecule has 196 valence electrons. The zero-order valence-electron chi connectivity index (χ0n) is 21.2. The summed E-state index contributed by atoms with van der Waals surface area (Å²) in [6.07, 6.45) is 3.03. The van der Waals surface area contributed by atoms with E-state index in [-0.39, 0.29) is 11.7 Å². The Morgan fingerprint density at radius 3 is 2.59 bits per heavy atom. The second kappa shape index (κ2) is 10.1. The topological polar surface area (TPSA) is 106 Å². The highest BCUT2D eigenvalue weighted by atomic mass is 19.1. The molecule has 1 saturated heterocycles. The number of carbonyl (C=O) groups is 2. The molecule has 1 aliphatic rings. The van der Waals surface area contributed by atoms with Crippen LogP contribution in [0.3, 0.4) is 0 Å². The molecule has 0 aliphatic carbocycles. The van der Waals surface area contributed by atoms with E-state index in [0.717, 1.165) is 24.1 Å². The Bertz CT molecular complexity index is 1670. The summed E-state index contributed by atoms with van der Waals surface area (Å²) in [7, 11) is 0. The summed E-state index contributed by atoms with van der Waals surface area (Å²) in [4.78, 5) is 35.9. The maximum atomic E-state index is 13.5. The van der Waals surface area contributed by atoms with Gasteiger partial charge in [-0.2, -0.15) is 0 Å². The molecule has 10 heteroatoms. The number of furan rings is 1. The lowest BCUT2D eigenvalue weighted by Crippen LogP contribution is -2.37. The Hall–Kier alpha value is -4.86. The van der Waals surface area contributed by atoms with Crippen molar-refractivity contribution in [3.8, 4) is 5.69 Å². The van der Waals surface area contributed by atoms with Crippen LogP contribution in [0.5, 0.6) is 0 Å². The van der Waals surface area contributed by atoms with Gasteiger partial charge in [0.2, 0.25) is 5.82 Å². The van der Waals surface area contributed by atoms with Crippen molar-refractivity contribution in [2.24, 2.45) is 0 Å². The Morgan fingerprint density at radius 1 is 1.03 bits per heavy atom. The monoisotopic (exact) mass is 524 g/mol. The summed E-state index contributed by atoms with van der Waals surface area (Å²) in [6.45, 7) is 3.16. The number of aryl methyl sites for hydroxylation is 1. The first kappa shape index (κ1) is 24.5. The van der Waals surface area contributed by atoms with E-state index in [0.29, 0.717) is 47.2 Å². The number of pyridine rings is 1. The highest BCUT2D eigenvalue weighted by molar-refractivity contribution is 6.01. The van der Waals surface area contributed by atoms with E-state index in [2.05, 4.69) is 20.4 Å². The Labute approximate surface area is 223 Å². The number of aromatic nitrogens is 4. The third-order valence-electron chi connectivity index (χ3n) is 6.91. The van der Waals surface area contributed by atoms with Crippen molar-refractivity contribution in [2.45, 2.75) is 25.7 Å². The first-order chi connectivity index (χ1) is 18.9. The number of carbonyl (C=O) groups excluding carboxylic acids is 2. The maximum absolute atomic E-state index is 13.5. The van der Waals surface area contributed by atoms with Crippen LogP contribution in [-0.4, -0.2) is 49.6 Å². The Kier molecular flexibility index (Phi) is 6.36. The third kappa shape index (κ3) is 5.13. The van der Waals surface area contributed by atoms with Crippen LogP contribution in [0.25, 0.3) is 16.8 Å². The average molecular weight is 525 g/mol. The van der Waals surface area contributed by atoms with Crippen molar-refractivity contribution >= 4 is 28.6 Å². The SMILES string of the molecule is Cc1ccc2oc(C(=O)N3CCC(c4ccc(NC(=O)c5ncn(-c6cccc(F)c6)n5)cc4)CC3)cc2n1. The molecule has 1 N–H and O–H groups in total. The van der Waals surface area contributed by atoms with Gasteiger partial charge in [0.05, 0.1) is 5.69 Å². The number of halogens is 1. The normalized spacial score (nSPS) is 14.1. The van der Waals surface area contributed by atoms with Gasteiger partial charge >= 0.3 is 0 Å². The van der Waals surface area contributed by atoms with Crippen molar-refractivity contribution in [1.29, 1.82) is 0 Å². The van der Waals surface area contributed by atoms with Crippen LogP contribution in [0.2, 0.25) is 0 Å². The van der Waals surface area contributed by atoms with Crippen molar-refractivity contribution in [1.82, 2.24) is 24.6 Å². The van der Waals surface area contributed by atoms with E-state index < -0.39 is 11.7 Å². The molecule has 0 bridgehead atoms. The van der Waals surface area contributed by atoms with E-state index in [1.807, 2.05) is 48.2 Å². The zero-order valence-corrected chi connectivity index (χ0v) is 21.2. The summed E-state index contributed by atoms with van der Waals surface area (Å²) >= 11 is 0. The van der Waals surface area contributed by atoms with Gasteiger partial charge < -0.3 is 14.6 Å². The van der Waals surface area contributed by atoms with Gasteiger partial charge in [-0.15, -0.1) is 5.10 Å². The number of nitrogens with one attached hydrogen (secondary N) is 1. The van der Waals surface area contributed by atoms with Crippen molar-refractivity contribution < 1.29 is 18.4 Å². The number of amides is 2. The molecule has 2 amide bonds. The molecule has 6 rings (SSSR count). The quantitative estimate of drug-likeness (QED) is 0.342. The number of anilines is 1. The number of likely N-dealkylation sites (tertiary alicyclic amines) is 1. The molecule has 0 atom stereocenters. The van der Waals surface area contributed by atoms with Crippen LogP contribution in [0.4, 0.5) is 10.1 Å². The predicted octanol–water partition coefficient (Wildman–Crippen LogP) is 5.13. The Morgan fingerprint density at radius 2 is 1.82 bits per heavy atom. The van der Waals surface area contributed by atoms with Gasteiger partial charge in [-0.3, -0.25) is 9.59 Å². The smallest absolute Gasteiger partial charge is 0.295 e. The van der Waals surface area contributed by atoms with Gasteiger partial charge in [0, 0.05) is 30.5 Å². The van der Waals surface area contributed by atoms with Crippen LogP contribution in [0, 0.1) is 12.7 Å². The van der Waals surface area contributed by atoms with Crippen LogP contribution < -0.4 is 5.32 Å². The highest BCUT2D eigenvalue weighted by Gasteiger charge is 2.27. The number of hydrogen-bond donors (Lipinski definition) is 1. The number of fused-ring (bicyclic) bond motifs is 1. The first-order valence-corrected chi connectivity index (χ1v) is 12.7. The number of nitrogens with zero attached hydrogens (tertiary/aromatic N) is 5. The number of hydrogen-bond acceptors (Lipinski definition) is 6. The fourth-order valence-corrected chi connectivity index (χ4v) is 4.84. The summed E-state index contributed by atoms with van der Waals surface area (Å²) in [6, 6.07) is 19.0. The van der Waals surface area contributed by atoms with E-state index >= 15 is 0 Å². The zero-order chi connectivity index (χ0) is 26.9. The minimum atomic E-state index is -0.458. The molecule has 4 heterocycles. The lowest BCUT2D eigenvalue weighted by Gasteiger charge is -2.31. The maximum Gasteiger partial charge on any atom is 0.295 e. The fourth-order valence-electron chi connectivity index (χ4n) is 4.84. The van der Waals surface area contributed by atoms with E-state index in [4.69, 9.17) is 4.42 Å². The fraction of sp³-hybridized carbons (Fsp3) is 0.207. The molecule has 5 aromatic rings. The van der Waals surface area contributed by atoms with Gasteiger partial charge in [-0.25, -0.2) is 19.0 Å².